The van der Waals surface area contributed by atoms with Crippen molar-refractivity contribution in [2.45, 2.75) is 26.0 Å². The number of halogens is 1. The van der Waals surface area contributed by atoms with Crippen LogP contribution in [0.5, 0.6) is 5.75 Å². The molecule has 1 unspecified atom stereocenters. The average molecular weight is 326 g/mol. The number of benzene rings is 1. The third-order valence-corrected chi connectivity index (χ3v) is 3.34. The molecule has 0 aliphatic rings. The molecule has 1 N–H and O–H groups in total. The van der Waals surface area contributed by atoms with E-state index in [1.54, 1.807) is 18.0 Å². The van der Waals surface area contributed by atoms with Gasteiger partial charge in [-0.1, -0.05) is 28.1 Å². The van der Waals surface area contributed by atoms with Gasteiger partial charge >= 0.3 is 0 Å². The van der Waals surface area contributed by atoms with Crippen LogP contribution in [0.1, 0.15) is 30.7 Å². The van der Waals surface area contributed by atoms with Crippen molar-refractivity contribution in [1.82, 2.24) is 15.0 Å². The van der Waals surface area contributed by atoms with Gasteiger partial charge in [0.05, 0.1) is 19.0 Å². The minimum absolute atomic E-state index is 0.639. The van der Waals surface area contributed by atoms with Crippen molar-refractivity contribution in [1.29, 1.82) is 0 Å². The number of rotatable bonds is 5. The first-order chi connectivity index (χ1) is 9.17. The lowest BCUT2D eigenvalue weighted by molar-refractivity contribution is 0.202. The Morgan fingerprint density at radius 2 is 2.26 bits per heavy atom. The third-order valence-electron chi connectivity index (χ3n) is 2.85. The molecule has 6 heteroatoms. The maximum Gasteiger partial charge on any atom is 0.126 e. The molecule has 0 saturated heterocycles. The summed E-state index contributed by atoms with van der Waals surface area (Å²) < 4.78 is 7.89. The predicted molar refractivity (Wildman–Crippen MR) is 75.1 cm³/mol. The zero-order valence-corrected chi connectivity index (χ0v) is 12.5. The fourth-order valence-electron chi connectivity index (χ4n) is 1.94. The highest BCUT2D eigenvalue weighted by atomic mass is 79.9. The van der Waals surface area contributed by atoms with Crippen LogP contribution in [-0.4, -0.2) is 27.2 Å². The fraction of sp³-hybridized carbons (Fsp3) is 0.385. The maximum absolute atomic E-state index is 10.5. The molecule has 1 aromatic heterocycles. The average Bonchev–Trinajstić information content (AvgIpc) is 2.86. The zero-order chi connectivity index (χ0) is 13.8. The topological polar surface area (TPSA) is 60.2 Å². The van der Waals surface area contributed by atoms with E-state index in [4.69, 9.17) is 4.74 Å². The Labute approximate surface area is 120 Å². The molecule has 0 amide bonds. The quantitative estimate of drug-likeness (QED) is 0.917. The summed E-state index contributed by atoms with van der Waals surface area (Å²) in [6.45, 7) is 2.78. The molecule has 102 valence electrons. The van der Waals surface area contributed by atoms with E-state index >= 15 is 0 Å². The van der Waals surface area contributed by atoms with Crippen molar-refractivity contribution in [3.8, 4) is 5.75 Å². The molecular formula is C13H16BrN3O2. The van der Waals surface area contributed by atoms with Crippen molar-refractivity contribution in [2.24, 2.45) is 0 Å². The van der Waals surface area contributed by atoms with Crippen LogP contribution in [0.4, 0.5) is 0 Å². The molecule has 1 atom stereocenters. The van der Waals surface area contributed by atoms with Gasteiger partial charge in [0.2, 0.25) is 0 Å². The summed E-state index contributed by atoms with van der Waals surface area (Å²) in [5, 5.41) is 18.4. The highest BCUT2D eigenvalue weighted by Crippen LogP contribution is 2.32. The van der Waals surface area contributed by atoms with Gasteiger partial charge in [0.1, 0.15) is 11.9 Å². The van der Waals surface area contributed by atoms with Crippen LogP contribution in [0, 0.1) is 0 Å². The Balaban J connectivity index is 2.40. The monoisotopic (exact) mass is 325 g/mol. The highest BCUT2D eigenvalue weighted by molar-refractivity contribution is 9.10. The lowest BCUT2D eigenvalue weighted by Crippen LogP contribution is -2.11. The van der Waals surface area contributed by atoms with Crippen LogP contribution in [-0.2, 0) is 6.54 Å². The van der Waals surface area contributed by atoms with E-state index in [0.29, 0.717) is 17.0 Å². The van der Waals surface area contributed by atoms with Gasteiger partial charge in [-0.15, -0.1) is 5.10 Å². The molecule has 0 aliphatic carbocycles. The molecule has 1 heterocycles. The normalized spacial score (nSPS) is 12.4. The molecule has 2 aromatic rings. The summed E-state index contributed by atoms with van der Waals surface area (Å²) in [5.74, 6) is 0.639. The minimum atomic E-state index is -0.811. The lowest BCUT2D eigenvalue weighted by Gasteiger charge is -2.16. The molecule has 19 heavy (non-hydrogen) atoms. The standard InChI is InChI=1S/C13H16BrN3O2/c1-3-6-17-11(8-15-16-17)13(18)10-7-9(14)4-5-12(10)19-2/h4-5,7-8,13,18H,3,6H2,1-2H3. The molecule has 0 fully saturated rings. The number of hydrogen-bond donors (Lipinski definition) is 1. The second-order valence-electron chi connectivity index (χ2n) is 4.17. The van der Waals surface area contributed by atoms with E-state index in [1.807, 2.05) is 18.2 Å². The second-order valence-corrected chi connectivity index (χ2v) is 5.09. The van der Waals surface area contributed by atoms with Crippen LogP contribution in [0.2, 0.25) is 0 Å². The van der Waals surface area contributed by atoms with E-state index in [0.717, 1.165) is 17.4 Å². The van der Waals surface area contributed by atoms with E-state index < -0.39 is 6.10 Å². The molecule has 2 rings (SSSR count). The van der Waals surface area contributed by atoms with Crippen LogP contribution >= 0.6 is 15.9 Å². The van der Waals surface area contributed by atoms with Crippen molar-refractivity contribution in [3.05, 3.63) is 40.1 Å². The number of nitrogens with zero attached hydrogens (tertiary/aromatic N) is 3. The number of hydrogen-bond acceptors (Lipinski definition) is 4. The smallest absolute Gasteiger partial charge is 0.126 e. The molecular weight excluding hydrogens is 310 g/mol. The summed E-state index contributed by atoms with van der Waals surface area (Å²) in [6.07, 6.45) is 1.70. The van der Waals surface area contributed by atoms with Crippen molar-refractivity contribution in [2.75, 3.05) is 7.11 Å². The van der Waals surface area contributed by atoms with Gasteiger partial charge in [-0.05, 0) is 24.6 Å². The molecule has 0 spiro atoms. The van der Waals surface area contributed by atoms with Gasteiger partial charge in [-0.2, -0.15) is 0 Å². The second kappa shape index (κ2) is 6.16. The Bertz CT molecular complexity index is 557. The van der Waals surface area contributed by atoms with Gasteiger partial charge in [0.25, 0.3) is 0 Å². The largest absolute Gasteiger partial charge is 0.496 e. The number of aliphatic hydroxyl groups is 1. The van der Waals surface area contributed by atoms with Crippen molar-refractivity contribution in [3.63, 3.8) is 0 Å². The number of aryl methyl sites for hydroxylation is 1. The van der Waals surface area contributed by atoms with E-state index in [9.17, 15) is 5.11 Å². The first-order valence-corrected chi connectivity index (χ1v) is 6.86. The first kappa shape index (κ1) is 14.0. The Hall–Kier alpha value is -1.40. The number of aliphatic hydroxyl groups excluding tert-OH is 1. The van der Waals surface area contributed by atoms with Crippen molar-refractivity contribution >= 4 is 15.9 Å². The molecule has 5 nitrogen and oxygen atoms in total. The number of aromatic nitrogens is 3. The number of methoxy groups -OCH3 is 1. The van der Waals surface area contributed by atoms with Gasteiger partial charge < -0.3 is 9.84 Å². The van der Waals surface area contributed by atoms with Gasteiger partial charge in [-0.25, -0.2) is 4.68 Å². The van der Waals surface area contributed by atoms with Crippen LogP contribution in [0.15, 0.2) is 28.9 Å². The third kappa shape index (κ3) is 2.96. The zero-order valence-electron chi connectivity index (χ0n) is 10.9. The molecule has 0 saturated carbocycles. The van der Waals surface area contributed by atoms with Gasteiger partial charge in [0.15, 0.2) is 0 Å². The van der Waals surface area contributed by atoms with Gasteiger partial charge in [-0.3, -0.25) is 0 Å². The first-order valence-electron chi connectivity index (χ1n) is 6.07. The Morgan fingerprint density at radius 1 is 1.47 bits per heavy atom. The Kier molecular flexibility index (Phi) is 4.55. The van der Waals surface area contributed by atoms with Crippen LogP contribution in [0.3, 0.4) is 0 Å². The van der Waals surface area contributed by atoms with E-state index in [-0.39, 0.29) is 0 Å². The van der Waals surface area contributed by atoms with Crippen molar-refractivity contribution < 1.29 is 9.84 Å². The summed E-state index contributed by atoms with van der Waals surface area (Å²) in [6, 6.07) is 5.53. The van der Waals surface area contributed by atoms with E-state index in [2.05, 4.69) is 33.2 Å². The maximum atomic E-state index is 10.5. The summed E-state index contributed by atoms with van der Waals surface area (Å²) in [5.41, 5.74) is 1.36. The summed E-state index contributed by atoms with van der Waals surface area (Å²) in [7, 11) is 1.58. The predicted octanol–water partition coefficient (Wildman–Crippen LogP) is 2.54. The highest BCUT2D eigenvalue weighted by Gasteiger charge is 2.20. The van der Waals surface area contributed by atoms with E-state index in [1.165, 1.54) is 0 Å². The fourth-order valence-corrected chi connectivity index (χ4v) is 2.32. The molecule has 0 bridgehead atoms. The van der Waals surface area contributed by atoms with Crippen LogP contribution < -0.4 is 4.74 Å². The minimum Gasteiger partial charge on any atom is -0.496 e. The Morgan fingerprint density at radius 3 is 2.95 bits per heavy atom. The summed E-state index contributed by atoms with van der Waals surface area (Å²) in [4.78, 5) is 0. The van der Waals surface area contributed by atoms with Crippen LogP contribution in [0.25, 0.3) is 0 Å². The SMILES string of the molecule is CCCn1nncc1C(O)c1cc(Br)ccc1OC. The molecule has 0 aliphatic heterocycles. The lowest BCUT2D eigenvalue weighted by atomic mass is 10.1. The number of ether oxygens (including phenoxy) is 1. The molecule has 1 aromatic carbocycles. The summed E-state index contributed by atoms with van der Waals surface area (Å²) >= 11 is 3.40. The molecule has 0 radical (unpaired) electrons. The van der Waals surface area contributed by atoms with Gasteiger partial charge in [0, 0.05) is 16.6 Å².